The quantitative estimate of drug-likeness (QED) is 0.927. The van der Waals surface area contributed by atoms with Crippen molar-refractivity contribution in [2.75, 3.05) is 18.4 Å². The SMILES string of the molecule is CC(C)(C)OC(=O)N1CCCC[C@H]1CNc1cnccn1. The van der Waals surface area contributed by atoms with Crippen molar-refractivity contribution in [2.24, 2.45) is 0 Å². The molecule has 0 bridgehead atoms. The fourth-order valence-electron chi connectivity index (χ4n) is 2.39. The lowest BCUT2D eigenvalue weighted by Gasteiger charge is -2.36. The summed E-state index contributed by atoms with van der Waals surface area (Å²) >= 11 is 0. The van der Waals surface area contributed by atoms with Crippen LogP contribution in [0.2, 0.25) is 0 Å². The highest BCUT2D eigenvalue weighted by atomic mass is 16.6. The summed E-state index contributed by atoms with van der Waals surface area (Å²) in [7, 11) is 0. The fourth-order valence-corrected chi connectivity index (χ4v) is 2.39. The largest absolute Gasteiger partial charge is 0.444 e. The zero-order valence-electron chi connectivity index (χ0n) is 13.0. The molecule has 1 saturated heterocycles. The maximum atomic E-state index is 12.3. The van der Waals surface area contributed by atoms with Crippen molar-refractivity contribution in [3.63, 3.8) is 0 Å². The summed E-state index contributed by atoms with van der Waals surface area (Å²) in [5.74, 6) is 0.729. The van der Waals surface area contributed by atoms with Crippen LogP contribution in [0.5, 0.6) is 0 Å². The molecular weight excluding hydrogens is 268 g/mol. The molecule has 0 radical (unpaired) electrons. The molecule has 0 aromatic carbocycles. The number of nitrogens with one attached hydrogen (secondary N) is 1. The van der Waals surface area contributed by atoms with Gasteiger partial charge in [0.1, 0.15) is 11.4 Å². The van der Waals surface area contributed by atoms with Crippen molar-refractivity contribution in [1.29, 1.82) is 0 Å². The predicted molar refractivity (Wildman–Crippen MR) is 81.1 cm³/mol. The Morgan fingerprint density at radius 1 is 1.43 bits per heavy atom. The molecular formula is C15H24N4O2. The van der Waals surface area contributed by atoms with E-state index in [4.69, 9.17) is 4.74 Å². The number of hydrogen-bond acceptors (Lipinski definition) is 5. The Balaban J connectivity index is 1.94. The van der Waals surface area contributed by atoms with Crippen LogP contribution >= 0.6 is 0 Å². The van der Waals surface area contributed by atoms with Crippen molar-refractivity contribution >= 4 is 11.9 Å². The minimum Gasteiger partial charge on any atom is -0.444 e. The molecule has 1 aliphatic heterocycles. The van der Waals surface area contributed by atoms with Crippen LogP contribution in [-0.2, 0) is 4.74 Å². The number of nitrogens with zero attached hydrogens (tertiary/aromatic N) is 3. The predicted octanol–water partition coefficient (Wildman–Crippen LogP) is 2.68. The van der Waals surface area contributed by atoms with Gasteiger partial charge < -0.3 is 15.0 Å². The Bertz CT molecular complexity index is 458. The smallest absolute Gasteiger partial charge is 0.410 e. The number of amides is 1. The topological polar surface area (TPSA) is 67.3 Å². The lowest BCUT2D eigenvalue weighted by Crippen LogP contribution is -2.48. The molecule has 2 heterocycles. The standard InChI is InChI=1S/C15H24N4O2/c1-15(2,3)21-14(20)19-9-5-4-6-12(19)10-18-13-11-16-7-8-17-13/h7-8,11-12H,4-6,9-10H2,1-3H3,(H,17,18)/t12-/m0/s1. The molecule has 2 rings (SSSR count). The van der Waals surface area contributed by atoms with E-state index in [1.54, 1.807) is 18.6 Å². The van der Waals surface area contributed by atoms with E-state index in [1.165, 1.54) is 0 Å². The van der Waals surface area contributed by atoms with Gasteiger partial charge in [0.25, 0.3) is 0 Å². The molecule has 21 heavy (non-hydrogen) atoms. The third-order valence-electron chi connectivity index (χ3n) is 3.34. The van der Waals surface area contributed by atoms with Gasteiger partial charge in [0.15, 0.2) is 0 Å². The number of carbonyl (C=O) groups is 1. The number of piperidine rings is 1. The number of hydrogen-bond donors (Lipinski definition) is 1. The molecule has 0 spiro atoms. The summed E-state index contributed by atoms with van der Waals surface area (Å²) in [4.78, 5) is 22.3. The fraction of sp³-hybridized carbons (Fsp3) is 0.667. The molecule has 1 aromatic rings. The lowest BCUT2D eigenvalue weighted by molar-refractivity contribution is 0.0114. The van der Waals surface area contributed by atoms with Gasteiger partial charge in [-0.25, -0.2) is 9.78 Å². The Labute approximate surface area is 125 Å². The van der Waals surface area contributed by atoms with Crippen molar-refractivity contribution in [1.82, 2.24) is 14.9 Å². The third-order valence-corrected chi connectivity index (χ3v) is 3.34. The van der Waals surface area contributed by atoms with Gasteiger partial charge >= 0.3 is 6.09 Å². The van der Waals surface area contributed by atoms with Crippen LogP contribution in [0, 0.1) is 0 Å². The summed E-state index contributed by atoms with van der Waals surface area (Å²) in [5.41, 5.74) is -0.461. The van der Waals surface area contributed by atoms with Gasteiger partial charge in [0.2, 0.25) is 0 Å². The Kier molecular flexibility index (Phi) is 4.98. The highest BCUT2D eigenvalue weighted by Crippen LogP contribution is 2.20. The van der Waals surface area contributed by atoms with Gasteiger partial charge in [0, 0.05) is 25.5 Å². The minimum atomic E-state index is -0.461. The number of ether oxygens (including phenoxy) is 1. The Morgan fingerprint density at radius 3 is 2.90 bits per heavy atom. The summed E-state index contributed by atoms with van der Waals surface area (Å²) < 4.78 is 5.49. The summed E-state index contributed by atoms with van der Waals surface area (Å²) in [6.07, 6.45) is 7.88. The average molecular weight is 292 g/mol. The molecule has 6 heteroatoms. The van der Waals surface area contributed by atoms with E-state index in [1.807, 2.05) is 25.7 Å². The van der Waals surface area contributed by atoms with Crippen LogP contribution in [0.3, 0.4) is 0 Å². The van der Waals surface area contributed by atoms with Crippen LogP contribution in [0.15, 0.2) is 18.6 Å². The van der Waals surface area contributed by atoms with Crippen LogP contribution in [0.4, 0.5) is 10.6 Å². The maximum absolute atomic E-state index is 12.3. The van der Waals surface area contributed by atoms with E-state index in [2.05, 4.69) is 15.3 Å². The summed E-state index contributed by atoms with van der Waals surface area (Å²) in [6.45, 7) is 7.09. The molecule has 0 aliphatic carbocycles. The molecule has 0 unspecified atom stereocenters. The molecule has 1 aromatic heterocycles. The number of rotatable bonds is 3. The van der Waals surface area contributed by atoms with Crippen molar-refractivity contribution in [3.05, 3.63) is 18.6 Å². The zero-order chi connectivity index (χ0) is 15.3. The molecule has 6 nitrogen and oxygen atoms in total. The molecule has 1 amide bonds. The highest BCUT2D eigenvalue weighted by Gasteiger charge is 2.30. The first-order valence-electron chi connectivity index (χ1n) is 7.45. The molecule has 1 N–H and O–H groups in total. The van der Waals surface area contributed by atoms with Crippen molar-refractivity contribution in [3.8, 4) is 0 Å². The molecule has 1 aliphatic rings. The van der Waals surface area contributed by atoms with Crippen LogP contribution in [-0.4, -0.2) is 45.7 Å². The van der Waals surface area contributed by atoms with Crippen LogP contribution in [0.1, 0.15) is 40.0 Å². The second kappa shape index (κ2) is 6.74. The monoisotopic (exact) mass is 292 g/mol. The summed E-state index contributed by atoms with van der Waals surface area (Å²) in [6, 6.07) is 0.135. The third kappa shape index (κ3) is 4.88. The average Bonchev–Trinajstić information content (AvgIpc) is 2.45. The van der Waals surface area contributed by atoms with E-state index in [-0.39, 0.29) is 12.1 Å². The first-order valence-corrected chi connectivity index (χ1v) is 7.45. The molecule has 1 atom stereocenters. The number of aromatic nitrogens is 2. The summed E-state index contributed by atoms with van der Waals surface area (Å²) in [5, 5.41) is 3.24. The van der Waals surface area contributed by atoms with E-state index in [0.29, 0.717) is 6.54 Å². The van der Waals surface area contributed by atoms with Crippen LogP contribution < -0.4 is 5.32 Å². The minimum absolute atomic E-state index is 0.135. The lowest BCUT2D eigenvalue weighted by atomic mass is 10.0. The van der Waals surface area contributed by atoms with E-state index in [9.17, 15) is 4.79 Å². The van der Waals surface area contributed by atoms with Crippen LogP contribution in [0.25, 0.3) is 0 Å². The number of likely N-dealkylation sites (tertiary alicyclic amines) is 1. The molecule has 1 fully saturated rings. The highest BCUT2D eigenvalue weighted by molar-refractivity contribution is 5.68. The first kappa shape index (κ1) is 15.5. The Hall–Kier alpha value is -1.85. The Morgan fingerprint density at radius 2 is 2.24 bits per heavy atom. The van der Waals surface area contributed by atoms with E-state index in [0.717, 1.165) is 31.6 Å². The number of carbonyl (C=O) groups excluding carboxylic acids is 1. The molecule has 116 valence electrons. The van der Waals surface area contributed by atoms with Gasteiger partial charge in [-0.1, -0.05) is 0 Å². The molecule has 0 saturated carbocycles. The normalized spacial score (nSPS) is 19.2. The van der Waals surface area contributed by atoms with E-state index >= 15 is 0 Å². The van der Waals surface area contributed by atoms with Gasteiger partial charge in [-0.2, -0.15) is 0 Å². The van der Waals surface area contributed by atoms with Gasteiger partial charge in [-0.3, -0.25) is 4.98 Å². The van der Waals surface area contributed by atoms with E-state index < -0.39 is 5.60 Å². The van der Waals surface area contributed by atoms with Gasteiger partial charge in [0.05, 0.1) is 12.2 Å². The zero-order valence-corrected chi connectivity index (χ0v) is 13.0. The second-order valence-corrected chi connectivity index (χ2v) is 6.29. The van der Waals surface area contributed by atoms with Gasteiger partial charge in [-0.15, -0.1) is 0 Å². The maximum Gasteiger partial charge on any atom is 0.410 e. The van der Waals surface area contributed by atoms with Crippen molar-refractivity contribution in [2.45, 2.75) is 51.7 Å². The first-order chi connectivity index (χ1) is 9.96. The number of anilines is 1. The van der Waals surface area contributed by atoms with Crippen molar-refractivity contribution < 1.29 is 9.53 Å². The van der Waals surface area contributed by atoms with Gasteiger partial charge in [-0.05, 0) is 40.0 Å². The second-order valence-electron chi connectivity index (χ2n) is 6.29.